The number of benzene rings is 2. The van der Waals surface area contributed by atoms with Gasteiger partial charge in [-0.05, 0) is 59.1 Å². The summed E-state index contributed by atoms with van der Waals surface area (Å²) in [6.45, 7) is 1.07. The summed E-state index contributed by atoms with van der Waals surface area (Å²) in [5, 5.41) is 2.80. The highest BCUT2D eigenvalue weighted by Crippen LogP contribution is 2.24. The number of para-hydroxylation sites is 1. The van der Waals surface area contributed by atoms with Gasteiger partial charge >= 0.3 is 0 Å². The molecule has 1 saturated heterocycles. The lowest BCUT2D eigenvalue weighted by Crippen LogP contribution is -2.32. The zero-order chi connectivity index (χ0) is 18.6. The normalized spacial score (nSPS) is 16.0. The van der Waals surface area contributed by atoms with Crippen LogP contribution in [-0.2, 0) is 10.0 Å². The average Bonchev–Trinajstić information content (AvgIpc) is 2.94. The van der Waals surface area contributed by atoms with Gasteiger partial charge in [-0.2, -0.15) is 4.31 Å². The van der Waals surface area contributed by atoms with Gasteiger partial charge in [-0.3, -0.25) is 4.79 Å². The second-order valence-corrected chi connectivity index (χ2v) is 9.07. The minimum Gasteiger partial charge on any atom is -0.321 e. The van der Waals surface area contributed by atoms with Gasteiger partial charge in [0.1, 0.15) is 0 Å². The molecule has 0 aliphatic carbocycles. The fourth-order valence-electron chi connectivity index (χ4n) is 2.99. The maximum atomic E-state index is 12.9. The third kappa shape index (κ3) is 4.34. The van der Waals surface area contributed by atoms with E-state index < -0.39 is 10.0 Å². The smallest absolute Gasteiger partial charge is 0.255 e. The molecule has 1 N–H and O–H groups in total. The highest BCUT2D eigenvalue weighted by Gasteiger charge is 2.25. The van der Waals surface area contributed by atoms with Crippen molar-refractivity contribution in [1.29, 1.82) is 0 Å². The SMILES string of the molecule is O=C(Nc1ccccc1Br)c1cccc(S(=O)(=O)N2CCCCCC2)c1. The summed E-state index contributed by atoms with van der Waals surface area (Å²) < 4.78 is 28.1. The van der Waals surface area contributed by atoms with E-state index in [1.54, 1.807) is 24.3 Å². The van der Waals surface area contributed by atoms with Crippen LogP contribution in [0.1, 0.15) is 36.0 Å². The summed E-state index contributed by atoms with van der Waals surface area (Å²) in [6.07, 6.45) is 3.86. The van der Waals surface area contributed by atoms with Crippen LogP contribution in [0.15, 0.2) is 57.9 Å². The first-order valence-electron chi connectivity index (χ1n) is 8.64. The molecule has 26 heavy (non-hydrogen) atoms. The number of hydrogen-bond donors (Lipinski definition) is 1. The molecule has 1 fully saturated rings. The van der Waals surface area contributed by atoms with Crippen LogP contribution < -0.4 is 5.32 Å². The Morgan fingerprint density at radius 1 is 0.962 bits per heavy atom. The monoisotopic (exact) mass is 436 g/mol. The van der Waals surface area contributed by atoms with Crippen molar-refractivity contribution in [2.24, 2.45) is 0 Å². The van der Waals surface area contributed by atoms with Crippen molar-refractivity contribution in [3.05, 3.63) is 58.6 Å². The van der Waals surface area contributed by atoms with Crippen molar-refractivity contribution >= 4 is 37.5 Å². The van der Waals surface area contributed by atoms with E-state index in [1.807, 2.05) is 18.2 Å². The van der Waals surface area contributed by atoms with Gasteiger partial charge < -0.3 is 5.32 Å². The number of anilines is 1. The zero-order valence-electron chi connectivity index (χ0n) is 14.3. The molecular weight excluding hydrogens is 416 g/mol. The molecule has 0 unspecified atom stereocenters. The summed E-state index contributed by atoms with van der Waals surface area (Å²) in [5.41, 5.74) is 0.954. The number of rotatable bonds is 4. The van der Waals surface area contributed by atoms with Crippen LogP contribution in [0.3, 0.4) is 0 Å². The topological polar surface area (TPSA) is 66.5 Å². The van der Waals surface area contributed by atoms with Gasteiger partial charge in [-0.15, -0.1) is 0 Å². The zero-order valence-corrected chi connectivity index (χ0v) is 16.7. The number of carbonyl (C=O) groups excluding carboxylic acids is 1. The number of amides is 1. The van der Waals surface area contributed by atoms with Gasteiger partial charge in [-0.25, -0.2) is 8.42 Å². The van der Waals surface area contributed by atoms with Gasteiger partial charge in [0.05, 0.1) is 10.6 Å². The van der Waals surface area contributed by atoms with Crippen molar-refractivity contribution in [1.82, 2.24) is 4.31 Å². The maximum absolute atomic E-state index is 12.9. The number of hydrogen-bond acceptors (Lipinski definition) is 3. The molecule has 1 aliphatic heterocycles. The Labute approximate surface area is 162 Å². The third-order valence-corrected chi connectivity index (χ3v) is 7.01. The summed E-state index contributed by atoms with van der Waals surface area (Å²) in [7, 11) is -3.58. The fourth-order valence-corrected chi connectivity index (χ4v) is 4.93. The lowest BCUT2D eigenvalue weighted by molar-refractivity contribution is 0.102. The van der Waals surface area contributed by atoms with Crippen molar-refractivity contribution in [2.45, 2.75) is 30.6 Å². The fraction of sp³-hybridized carbons (Fsp3) is 0.316. The van der Waals surface area contributed by atoms with E-state index >= 15 is 0 Å². The number of halogens is 1. The van der Waals surface area contributed by atoms with Crippen LogP contribution in [0.25, 0.3) is 0 Å². The summed E-state index contributed by atoms with van der Waals surface area (Å²) in [5.74, 6) is -0.343. The molecule has 5 nitrogen and oxygen atoms in total. The molecule has 0 bridgehead atoms. The van der Waals surface area contributed by atoms with Gasteiger partial charge in [0.15, 0.2) is 0 Å². The minimum atomic E-state index is -3.58. The quantitative estimate of drug-likeness (QED) is 0.777. The predicted molar refractivity (Wildman–Crippen MR) is 106 cm³/mol. The van der Waals surface area contributed by atoms with E-state index in [2.05, 4.69) is 21.2 Å². The van der Waals surface area contributed by atoms with E-state index in [-0.39, 0.29) is 10.8 Å². The molecule has 0 radical (unpaired) electrons. The molecule has 3 rings (SSSR count). The molecule has 0 aromatic heterocycles. The Hall–Kier alpha value is -1.70. The number of nitrogens with zero attached hydrogens (tertiary/aromatic N) is 1. The summed E-state index contributed by atoms with van der Waals surface area (Å²) in [6, 6.07) is 13.5. The highest BCUT2D eigenvalue weighted by molar-refractivity contribution is 9.10. The minimum absolute atomic E-state index is 0.166. The first-order chi connectivity index (χ1) is 12.5. The van der Waals surface area contributed by atoms with E-state index in [0.717, 1.165) is 30.2 Å². The van der Waals surface area contributed by atoms with Crippen LogP contribution >= 0.6 is 15.9 Å². The van der Waals surface area contributed by atoms with Crippen molar-refractivity contribution < 1.29 is 13.2 Å². The van der Waals surface area contributed by atoms with E-state index in [0.29, 0.717) is 24.3 Å². The van der Waals surface area contributed by atoms with E-state index in [9.17, 15) is 13.2 Å². The summed E-state index contributed by atoms with van der Waals surface area (Å²) in [4.78, 5) is 12.7. The van der Waals surface area contributed by atoms with Crippen LogP contribution in [0.2, 0.25) is 0 Å². The Morgan fingerprint density at radius 3 is 2.35 bits per heavy atom. The molecule has 138 valence electrons. The second-order valence-electron chi connectivity index (χ2n) is 6.28. The lowest BCUT2D eigenvalue weighted by Gasteiger charge is -2.20. The number of carbonyl (C=O) groups is 1. The van der Waals surface area contributed by atoms with Crippen LogP contribution in [0.4, 0.5) is 5.69 Å². The Bertz CT molecular complexity index is 891. The molecule has 2 aromatic carbocycles. The maximum Gasteiger partial charge on any atom is 0.255 e. The molecule has 2 aromatic rings. The van der Waals surface area contributed by atoms with Crippen LogP contribution in [-0.4, -0.2) is 31.7 Å². The van der Waals surface area contributed by atoms with Gasteiger partial charge in [0.25, 0.3) is 5.91 Å². The molecule has 1 heterocycles. The van der Waals surface area contributed by atoms with E-state index in [1.165, 1.54) is 10.4 Å². The molecule has 0 saturated carbocycles. The number of nitrogens with one attached hydrogen (secondary N) is 1. The molecule has 0 atom stereocenters. The predicted octanol–water partition coefficient (Wildman–Crippen LogP) is 4.27. The molecular formula is C19H21BrN2O3S. The molecule has 1 amide bonds. The van der Waals surface area contributed by atoms with Crippen molar-refractivity contribution in [2.75, 3.05) is 18.4 Å². The second kappa shape index (κ2) is 8.33. The standard InChI is InChI=1S/C19H21BrN2O3S/c20-17-10-3-4-11-18(17)21-19(23)15-8-7-9-16(14-15)26(24,25)22-12-5-1-2-6-13-22/h3-4,7-11,14H,1-2,5-6,12-13H2,(H,21,23). The van der Waals surface area contributed by atoms with Gasteiger partial charge in [-0.1, -0.05) is 31.0 Å². The lowest BCUT2D eigenvalue weighted by atomic mass is 10.2. The largest absolute Gasteiger partial charge is 0.321 e. The van der Waals surface area contributed by atoms with Crippen molar-refractivity contribution in [3.63, 3.8) is 0 Å². The molecule has 7 heteroatoms. The van der Waals surface area contributed by atoms with Crippen LogP contribution in [0, 0.1) is 0 Å². The average molecular weight is 437 g/mol. The van der Waals surface area contributed by atoms with Gasteiger partial charge in [0.2, 0.25) is 10.0 Å². The Kier molecular flexibility index (Phi) is 6.11. The van der Waals surface area contributed by atoms with Gasteiger partial charge in [0, 0.05) is 23.1 Å². The van der Waals surface area contributed by atoms with E-state index in [4.69, 9.17) is 0 Å². The van der Waals surface area contributed by atoms with Crippen LogP contribution in [0.5, 0.6) is 0 Å². The molecule has 0 spiro atoms. The summed E-state index contributed by atoms with van der Waals surface area (Å²) >= 11 is 3.39. The molecule has 1 aliphatic rings. The highest BCUT2D eigenvalue weighted by atomic mass is 79.9. The number of sulfonamides is 1. The van der Waals surface area contributed by atoms with Crippen molar-refractivity contribution in [3.8, 4) is 0 Å². The Morgan fingerprint density at radius 2 is 1.65 bits per heavy atom. The first-order valence-corrected chi connectivity index (χ1v) is 10.9. The third-order valence-electron chi connectivity index (χ3n) is 4.42. The first kappa shape index (κ1) is 19.1. The Balaban J connectivity index is 1.83.